The van der Waals surface area contributed by atoms with Gasteiger partial charge in [0.1, 0.15) is 12.1 Å². The molecule has 2 aromatic carbocycles. The maximum Gasteiger partial charge on any atom is 0.251 e. The minimum Gasteiger partial charge on any atom is -0.394 e. The number of rotatable bonds is 10. The summed E-state index contributed by atoms with van der Waals surface area (Å²) in [7, 11) is 0. The van der Waals surface area contributed by atoms with Gasteiger partial charge in [0.2, 0.25) is 5.91 Å². The SMILES string of the molecule is CCCNC(=O)c1ccc(-c2cccc(CN3OC(CO)[C@@H]([C@H](C)O)[C@H]3C(=O)N[C@H]3C[C@H]4CC(C3C)C4(C)C)c2)cc1. The zero-order valence-electron chi connectivity index (χ0n) is 25.5. The largest absolute Gasteiger partial charge is 0.394 e. The molecule has 1 saturated heterocycles. The number of carbonyl (C=O) groups excluding carboxylic acids is 2. The number of nitrogens with zero attached hydrogens (tertiary/aromatic N) is 1. The van der Waals surface area contributed by atoms with Gasteiger partial charge in [0.15, 0.2) is 0 Å². The Labute approximate surface area is 249 Å². The van der Waals surface area contributed by atoms with Gasteiger partial charge in [0.25, 0.3) is 5.91 Å². The normalized spacial score (nSPS) is 30.8. The van der Waals surface area contributed by atoms with E-state index in [1.54, 1.807) is 12.0 Å². The summed E-state index contributed by atoms with van der Waals surface area (Å²) in [6.07, 6.45) is 1.57. The van der Waals surface area contributed by atoms with E-state index in [2.05, 4.69) is 31.4 Å². The van der Waals surface area contributed by atoms with Gasteiger partial charge in [-0.25, -0.2) is 0 Å². The lowest BCUT2D eigenvalue weighted by Gasteiger charge is -2.62. The van der Waals surface area contributed by atoms with Crippen molar-refractivity contribution in [3.63, 3.8) is 0 Å². The van der Waals surface area contributed by atoms with Crippen molar-refractivity contribution >= 4 is 11.8 Å². The monoisotopic (exact) mass is 577 g/mol. The summed E-state index contributed by atoms with van der Waals surface area (Å²) in [4.78, 5) is 32.3. The van der Waals surface area contributed by atoms with Gasteiger partial charge in [-0.15, -0.1) is 0 Å². The zero-order chi connectivity index (χ0) is 30.2. The number of hydroxylamine groups is 2. The lowest BCUT2D eigenvalue weighted by atomic mass is 9.45. The molecule has 228 valence electrons. The molecular weight excluding hydrogens is 530 g/mol. The quantitative estimate of drug-likeness (QED) is 0.338. The van der Waals surface area contributed by atoms with E-state index in [0.29, 0.717) is 41.8 Å². The third-order valence-corrected chi connectivity index (χ3v) is 10.3. The minimum absolute atomic E-state index is 0.0814. The Bertz CT molecular complexity index is 1260. The molecule has 42 heavy (non-hydrogen) atoms. The molecule has 8 heteroatoms. The van der Waals surface area contributed by atoms with Crippen molar-refractivity contribution in [2.75, 3.05) is 13.2 Å². The van der Waals surface area contributed by atoms with Crippen LogP contribution in [0.4, 0.5) is 0 Å². The number of hydrogen-bond donors (Lipinski definition) is 4. The first-order valence-electron chi connectivity index (χ1n) is 15.5. The molecule has 3 aliphatic carbocycles. The average molecular weight is 578 g/mol. The van der Waals surface area contributed by atoms with Crippen molar-refractivity contribution in [1.29, 1.82) is 0 Å². The van der Waals surface area contributed by atoms with Gasteiger partial charge in [-0.3, -0.25) is 14.4 Å². The maximum atomic E-state index is 13.9. The van der Waals surface area contributed by atoms with Crippen LogP contribution < -0.4 is 10.6 Å². The van der Waals surface area contributed by atoms with E-state index < -0.39 is 24.2 Å². The maximum absolute atomic E-state index is 13.9. The Hall–Kier alpha value is -2.78. The molecule has 8 atom stereocenters. The van der Waals surface area contributed by atoms with Crippen LogP contribution in [0.3, 0.4) is 0 Å². The van der Waals surface area contributed by atoms with Crippen molar-refractivity contribution in [2.45, 2.75) is 84.7 Å². The second kappa shape index (κ2) is 12.4. The molecule has 0 radical (unpaired) electrons. The second-order valence-electron chi connectivity index (χ2n) is 13.3. The first-order valence-corrected chi connectivity index (χ1v) is 15.5. The van der Waals surface area contributed by atoms with E-state index in [1.165, 1.54) is 6.42 Å². The first kappa shape index (κ1) is 30.7. The van der Waals surface area contributed by atoms with Crippen LogP contribution >= 0.6 is 0 Å². The molecule has 4 fully saturated rings. The van der Waals surface area contributed by atoms with Crippen LogP contribution in [-0.4, -0.2) is 64.5 Å². The van der Waals surface area contributed by atoms with E-state index in [9.17, 15) is 19.8 Å². The summed E-state index contributed by atoms with van der Waals surface area (Å²) in [5.41, 5.74) is 3.84. The molecule has 2 bridgehead atoms. The highest BCUT2D eigenvalue weighted by molar-refractivity contribution is 5.94. The van der Waals surface area contributed by atoms with Crippen molar-refractivity contribution in [1.82, 2.24) is 15.7 Å². The standard InChI is InChI=1S/C34H47N3O5/c1-6-14-35-32(40)24-12-10-23(11-13-24)25-9-7-8-22(15-25)18-37-31(30(21(3)39)29(19-38)42-37)33(41)36-28-17-26-16-27(20(28)2)34(26,4)5/h7-13,15,20-21,26-31,38-39H,6,14,16-19H2,1-5H3,(H,35,40)(H,36,41)/t20?,21-,26+,27?,28-,29?,30+,31-/m0/s1. The number of carbonyl (C=O) groups is 2. The molecule has 3 unspecified atom stereocenters. The van der Waals surface area contributed by atoms with Gasteiger partial charge in [0.05, 0.1) is 19.3 Å². The van der Waals surface area contributed by atoms with Crippen LogP contribution in [0.25, 0.3) is 11.1 Å². The fourth-order valence-electron chi connectivity index (χ4n) is 7.67. The highest BCUT2D eigenvalue weighted by atomic mass is 16.7. The summed E-state index contributed by atoms with van der Waals surface area (Å²) < 4.78 is 0. The topological polar surface area (TPSA) is 111 Å². The first-order chi connectivity index (χ1) is 20.0. The number of benzene rings is 2. The molecular formula is C34H47N3O5. The van der Waals surface area contributed by atoms with E-state index in [-0.39, 0.29) is 24.5 Å². The van der Waals surface area contributed by atoms with Crippen molar-refractivity contribution in [3.8, 4) is 11.1 Å². The van der Waals surface area contributed by atoms with Crippen molar-refractivity contribution in [3.05, 3.63) is 59.7 Å². The Morgan fingerprint density at radius 1 is 1.12 bits per heavy atom. The van der Waals surface area contributed by atoms with Gasteiger partial charge in [0, 0.05) is 24.1 Å². The van der Waals surface area contributed by atoms with E-state index in [0.717, 1.165) is 29.5 Å². The molecule has 4 N–H and O–H groups in total. The minimum atomic E-state index is -0.835. The van der Waals surface area contributed by atoms with Gasteiger partial charge in [-0.1, -0.05) is 58.0 Å². The Balaban J connectivity index is 1.32. The zero-order valence-corrected chi connectivity index (χ0v) is 25.5. The summed E-state index contributed by atoms with van der Waals surface area (Å²) in [6.45, 7) is 11.3. The van der Waals surface area contributed by atoms with E-state index in [4.69, 9.17) is 4.84 Å². The van der Waals surface area contributed by atoms with Crippen molar-refractivity contribution in [2.24, 2.45) is 29.1 Å². The highest BCUT2D eigenvalue weighted by Gasteiger charge is 2.57. The molecule has 2 amide bonds. The molecule has 0 aromatic heterocycles. The summed E-state index contributed by atoms with van der Waals surface area (Å²) in [5, 5.41) is 28.7. The highest BCUT2D eigenvalue weighted by Crippen LogP contribution is 2.61. The number of hydrogen-bond acceptors (Lipinski definition) is 6. The number of fused-ring (bicyclic) bond motifs is 2. The molecule has 0 spiro atoms. The molecule has 6 rings (SSSR count). The Morgan fingerprint density at radius 2 is 1.86 bits per heavy atom. The summed E-state index contributed by atoms with van der Waals surface area (Å²) in [5.74, 6) is 0.791. The van der Waals surface area contributed by atoms with Gasteiger partial charge in [-0.2, -0.15) is 5.06 Å². The van der Waals surface area contributed by atoms with Crippen LogP contribution in [0.2, 0.25) is 0 Å². The molecule has 1 heterocycles. The molecule has 4 aliphatic rings. The third-order valence-electron chi connectivity index (χ3n) is 10.3. The van der Waals surface area contributed by atoms with Crippen LogP contribution in [0, 0.1) is 29.1 Å². The number of nitrogens with one attached hydrogen (secondary N) is 2. The predicted octanol–water partition coefficient (Wildman–Crippen LogP) is 4.15. The van der Waals surface area contributed by atoms with Gasteiger partial charge >= 0.3 is 0 Å². The summed E-state index contributed by atoms with van der Waals surface area (Å²) >= 11 is 0. The predicted molar refractivity (Wildman–Crippen MR) is 162 cm³/mol. The smallest absolute Gasteiger partial charge is 0.251 e. The van der Waals surface area contributed by atoms with Gasteiger partial charge in [-0.05, 0) is 84.2 Å². The third kappa shape index (κ3) is 5.87. The van der Waals surface area contributed by atoms with E-state index in [1.807, 2.05) is 55.5 Å². The van der Waals surface area contributed by atoms with E-state index >= 15 is 0 Å². The van der Waals surface area contributed by atoms with Crippen LogP contribution in [0.15, 0.2) is 48.5 Å². The molecule has 1 aliphatic heterocycles. The number of aliphatic hydroxyl groups is 2. The van der Waals surface area contributed by atoms with Crippen LogP contribution in [0.1, 0.15) is 69.8 Å². The lowest BCUT2D eigenvalue weighted by molar-refractivity contribution is -0.183. The second-order valence-corrected chi connectivity index (χ2v) is 13.3. The molecule has 8 nitrogen and oxygen atoms in total. The summed E-state index contributed by atoms with van der Waals surface area (Å²) in [6, 6.07) is 14.9. The fraction of sp³-hybridized carbons (Fsp3) is 0.588. The van der Waals surface area contributed by atoms with Crippen LogP contribution in [-0.2, 0) is 16.2 Å². The van der Waals surface area contributed by atoms with Gasteiger partial charge < -0.3 is 20.8 Å². The van der Waals surface area contributed by atoms with Crippen LogP contribution in [0.5, 0.6) is 0 Å². The lowest BCUT2D eigenvalue weighted by Crippen LogP contribution is -2.62. The fourth-order valence-corrected chi connectivity index (χ4v) is 7.67. The van der Waals surface area contributed by atoms with Crippen molar-refractivity contribution < 1.29 is 24.6 Å². The number of amides is 2. The molecule has 2 aromatic rings. The number of aliphatic hydroxyl groups excluding tert-OH is 2. The average Bonchev–Trinajstić information content (AvgIpc) is 3.35. The molecule has 3 saturated carbocycles. The Morgan fingerprint density at radius 3 is 2.48 bits per heavy atom. The Kier molecular flexibility index (Phi) is 9.09.